The number of carbonyl (C=O) groups excluding carboxylic acids is 2. The van der Waals surface area contributed by atoms with Crippen LogP contribution in [0.15, 0.2) is 0 Å². The molecule has 74 valence electrons. The van der Waals surface area contributed by atoms with Crippen molar-refractivity contribution in [3.63, 3.8) is 0 Å². The van der Waals surface area contributed by atoms with Crippen LogP contribution in [0.5, 0.6) is 0 Å². The first-order chi connectivity index (χ1) is 5.84. The highest BCUT2D eigenvalue weighted by Gasteiger charge is 2.37. The number of nitrogens with zero attached hydrogens (tertiary/aromatic N) is 1. The lowest BCUT2D eigenvalue weighted by Gasteiger charge is -2.32. The molecule has 1 unspecified atom stereocenters. The zero-order chi connectivity index (χ0) is 10.2. The molecule has 3 amide bonds. The number of hydrogen-bond acceptors (Lipinski definition) is 2. The third-order valence-corrected chi connectivity index (χ3v) is 2.52. The van der Waals surface area contributed by atoms with E-state index in [0.717, 1.165) is 0 Å². The summed E-state index contributed by atoms with van der Waals surface area (Å²) in [6, 6.07) is -0.338. The van der Waals surface area contributed by atoms with Crippen LogP contribution in [0, 0.1) is 5.41 Å². The van der Waals surface area contributed by atoms with Gasteiger partial charge in [-0.2, -0.15) is 0 Å². The third kappa shape index (κ3) is 1.82. The molecule has 13 heavy (non-hydrogen) atoms. The molecule has 0 aromatic heterocycles. The fourth-order valence-corrected chi connectivity index (χ4v) is 1.21. The second-order valence-corrected chi connectivity index (χ2v) is 4.46. The molecule has 0 aromatic rings. The van der Waals surface area contributed by atoms with E-state index in [0.29, 0.717) is 0 Å². The largest absolute Gasteiger partial charge is 0.329 e. The van der Waals surface area contributed by atoms with Crippen molar-refractivity contribution in [1.29, 1.82) is 0 Å². The molecule has 0 radical (unpaired) electrons. The van der Waals surface area contributed by atoms with Crippen LogP contribution in [0.1, 0.15) is 27.7 Å². The average Bonchev–Trinajstić information content (AvgIpc) is 2.28. The van der Waals surface area contributed by atoms with E-state index < -0.39 is 0 Å². The zero-order valence-corrected chi connectivity index (χ0v) is 8.55. The highest BCUT2D eigenvalue weighted by atomic mass is 16.2. The van der Waals surface area contributed by atoms with E-state index in [1.165, 1.54) is 4.90 Å². The molecule has 1 aliphatic rings. The van der Waals surface area contributed by atoms with Gasteiger partial charge in [0.1, 0.15) is 0 Å². The standard InChI is InChI=1S/C9H16N2O2/c1-6(9(2,3)4)11-7(12)5-10-8(11)13/h6H,5H2,1-4H3,(H,10,13). The normalized spacial score (nSPS) is 20.5. The van der Waals surface area contributed by atoms with Gasteiger partial charge in [0.05, 0.1) is 6.54 Å². The van der Waals surface area contributed by atoms with Gasteiger partial charge >= 0.3 is 6.03 Å². The molecule has 4 nitrogen and oxygen atoms in total. The van der Waals surface area contributed by atoms with E-state index in [1.807, 2.05) is 27.7 Å². The summed E-state index contributed by atoms with van der Waals surface area (Å²) in [7, 11) is 0. The van der Waals surface area contributed by atoms with Gasteiger partial charge in [0.15, 0.2) is 0 Å². The molecule has 1 fully saturated rings. The number of urea groups is 1. The number of nitrogens with one attached hydrogen (secondary N) is 1. The highest BCUT2D eigenvalue weighted by Crippen LogP contribution is 2.25. The van der Waals surface area contributed by atoms with Gasteiger partial charge in [-0.25, -0.2) is 4.79 Å². The van der Waals surface area contributed by atoms with Gasteiger partial charge in [0.2, 0.25) is 5.91 Å². The van der Waals surface area contributed by atoms with Gasteiger partial charge in [0.25, 0.3) is 0 Å². The predicted molar refractivity (Wildman–Crippen MR) is 49.2 cm³/mol. The summed E-state index contributed by atoms with van der Waals surface area (Å²) in [4.78, 5) is 23.9. The summed E-state index contributed by atoms with van der Waals surface area (Å²) in [5.41, 5.74) is -0.0721. The summed E-state index contributed by atoms with van der Waals surface area (Å²) in [5.74, 6) is -0.132. The summed E-state index contributed by atoms with van der Waals surface area (Å²) in [5, 5.41) is 2.51. The van der Waals surface area contributed by atoms with E-state index in [4.69, 9.17) is 0 Å². The second kappa shape index (κ2) is 3.01. The number of amides is 3. The van der Waals surface area contributed by atoms with Crippen molar-refractivity contribution < 1.29 is 9.59 Å². The van der Waals surface area contributed by atoms with Gasteiger partial charge in [-0.05, 0) is 12.3 Å². The lowest BCUT2D eigenvalue weighted by atomic mass is 9.87. The van der Waals surface area contributed by atoms with Crippen molar-refractivity contribution in [2.75, 3.05) is 6.54 Å². The van der Waals surface area contributed by atoms with Gasteiger partial charge in [-0.1, -0.05) is 20.8 Å². The minimum atomic E-state index is -0.271. The Balaban J connectivity index is 2.82. The maximum atomic E-state index is 11.3. The Kier molecular flexibility index (Phi) is 2.32. The number of imide groups is 1. The fourth-order valence-electron chi connectivity index (χ4n) is 1.21. The Bertz CT molecular complexity index is 226. The van der Waals surface area contributed by atoms with Crippen LogP contribution in [0.25, 0.3) is 0 Å². The smallest absolute Gasteiger partial charge is 0.324 e. The minimum absolute atomic E-state index is 0.0671. The molecule has 1 rings (SSSR count). The molecular formula is C9H16N2O2. The molecule has 1 atom stereocenters. The first-order valence-corrected chi connectivity index (χ1v) is 4.44. The van der Waals surface area contributed by atoms with Crippen LogP contribution in [0.3, 0.4) is 0 Å². The van der Waals surface area contributed by atoms with E-state index in [2.05, 4.69) is 5.32 Å². The summed E-state index contributed by atoms with van der Waals surface area (Å²) < 4.78 is 0. The number of carbonyl (C=O) groups is 2. The van der Waals surface area contributed by atoms with Crippen LogP contribution >= 0.6 is 0 Å². The topological polar surface area (TPSA) is 49.4 Å². The van der Waals surface area contributed by atoms with Crippen molar-refractivity contribution in [1.82, 2.24) is 10.2 Å². The van der Waals surface area contributed by atoms with Gasteiger partial charge in [0, 0.05) is 6.04 Å². The lowest BCUT2D eigenvalue weighted by molar-refractivity contribution is -0.127. The Morgan fingerprint density at radius 1 is 1.38 bits per heavy atom. The first kappa shape index (κ1) is 10.0. The van der Waals surface area contributed by atoms with Gasteiger partial charge in [-0.15, -0.1) is 0 Å². The van der Waals surface area contributed by atoms with E-state index in [9.17, 15) is 9.59 Å². The van der Waals surface area contributed by atoms with Crippen molar-refractivity contribution in [3.05, 3.63) is 0 Å². The molecular weight excluding hydrogens is 168 g/mol. The molecule has 0 bridgehead atoms. The predicted octanol–water partition coefficient (Wildman–Crippen LogP) is 0.973. The maximum Gasteiger partial charge on any atom is 0.324 e. The molecule has 0 spiro atoms. The zero-order valence-electron chi connectivity index (χ0n) is 8.55. The molecule has 4 heteroatoms. The molecule has 1 N–H and O–H groups in total. The molecule has 1 heterocycles. The average molecular weight is 184 g/mol. The van der Waals surface area contributed by atoms with Crippen LogP contribution in [-0.4, -0.2) is 29.4 Å². The minimum Gasteiger partial charge on any atom is -0.329 e. The summed E-state index contributed by atoms with van der Waals surface area (Å²) in [6.07, 6.45) is 0. The van der Waals surface area contributed by atoms with Crippen molar-refractivity contribution in [3.8, 4) is 0 Å². The quantitative estimate of drug-likeness (QED) is 0.617. The van der Waals surface area contributed by atoms with Gasteiger partial charge < -0.3 is 5.32 Å². The number of rotatable bonds is 1. The second-order valence-electron chi connectivity index (χ2n) is 4.46. The molecule has 0 saturated carbocycles. The Hall–Kier alpha value is -1.06. The molecule has 0 aromatic carbocycles. The SMILES string of the molecule is CC(N1C(=O)CNC1=O)C(C)(C)C. The molecule has 1 saturated heterocycles. The maximum absolute atomic E-state index is 11.3. The third-order valence-electron chi connectivity index (χ3n) is 2.52. The Morgan fingerprint density at radius 3 is 2.23 bits per heavy atom. The van der Waals surface area contributed by atoms with Crippen molar-refractivity contribution >= 4 is 11.9 Å². The van der Waals surface area contributed by atoms with E-state index >= 15 is 0 Å². The monoisotopic (exact) mass is 184 g/mol. The van der Waals surface area contributed by atoms with Crippen molar-refractivity contribution in [2.45, 2.75) is 33.7 Å². The van der Waals surface area contributed by atoms with Gasteiger partial charge in [-0.3, -0.25) is 9.69 Å². The van der Waals surface area contributed by atoms with Crippen LogP contribution in [-0.2, 0) is 4.79 Å². The van der Waals surface area contributed by atoms with E-state index in [1.54, 1.807) is 0 Å². The first-order valence-electron chi connectivity index (χ1n) is 4.44. The summed E-state index contributed by atoms with van der Waals surface area (Å²) in [6.45, 7) is 8.06. The Labute approximate surface area is 78.3 Å². The van der Waals surface area contributed by atoms with E-state index in [-0.39, 0.29) is 29.9 Å². The number of hydrogen-bond donors (Lipinski definition) is 1. The van der Waals surface area contributed by atoms with Crippen LogP contribution in [0.2, 0.25) is 0 Å². The highest BCUT2D eigenvalue weighted by molar-refractivity contribution is 6.02. The lowest BCUT2D eigenvalue weighted by Crippen LogP contribution is -2.45. The van der Waals surface area contributed by atoms with Crippen LogP contribution in [0.4, 0.5) is 4.79 Å². The van der Waals surface area contributed by atoms with Crippen LogP contribution < -0.4 is 5.32 Å². The molecule has 0 aliphatic carbocycles. The fraction of sp³-hybridized carbons (Fsp3) is 0.778. The Morgan fingerprint density at radius 2 is 1.92 bits per heavy atom. The summed E-state index contributed by atoms with van der Waals surface area (Å²) >= 11 is 0. The molecule has 1 aliphatic heterocycles. The van der Waals surface area contributed by atoms with Crippen molar-refractivity contribution in [2.24, 2.45) is 5.41 Å².